The van der Waals surface area contributed by atoms with Crippen LogP contribution >= 0.6 is 0 Å². The highest BCUT2D eigenvalue weighted by atomic mass is 16.8. The second-order valence-electron chi connectivity index (χ2n) is 8.62. The predicted molar refractivity (Wildman–Crippen MR) is 89.1 cm³/mol. The molecule has 0 aromatic heterocycles. The van der Waals surface area contributed by atoms with Gasteiger partial charge in [0.25, 0.3) is 0 Å². The van der Waals surface area contributed by atoms with Gasteiger partial charge in [-0.05, 0) is 25.7 Å². The Hall–Kier alpha value is -0.280. The highest BCUT2D eigenvalue weighted by Gasteiger charge is 2.69. The number of hydrogen-bond donors (Lipinski definition) is 2. The summed E-state index contributed by atoms with van der Waals surface area (Å²) < 4.78 is 30.8. The molecule has 2 saturated carbocycles. The Labute approximate surface area is 153 Å². The van der Waals surface area contributed by atoms with Crippen LogP contribution in [0.1, 0.15) is 64.2 Å². The van der Waals surface area contributed by atoms with Crippen LogP contribution in [0.3, 0.4) is 0 Å². The van der Waals surface area contributed by atoms with E-state index in [-0.39, 0.29) is 12.7 Å². The van der Waals surface area contributed by atoms with Crippen molar-refractivity contribution in [2.75, 3.05) is 13.2 Å². The van der Waals surface area contributed by atoms with Crippen LogP contribution in [0, 0.1) is 0 Å². The maximum absolute atomic E-state index is 10.6. The maximum atomic E-state index is 10.6. The molecule has 0 amide bonds. The van der Waals surface area contributed by atoms with Crippen molar-refractivity contribution in [3.8, 4) is 0 Å². The normalized spacial score (nSPS) is 46.8. The highest BCUT2D eigenvalue weighted by Crippen LogP contribution is 2.53. The summed E-state index contributed by atoms with van der Waals surface area (Å²) in [5, 5.41) is 20.7. The molecule has 26 heavy (non-hydrogen) atoms. The van der Waals surface area contributed by atoms with Crippen LogP contribution in [0.25, 0.3) is 0 Å². The van der Waals surface area contributed by atoms with Gasteiger partial charge < -0.3 is 33.9 Å². The third-order valence-electron chi connectivity index (χ3n) is 6.92. The van der Waals surface area contributed by atoms with E-state index in [9.17, 15) is 10.2 Å². The Morgan fingerprint density at radius 2 is 1.50 bits per heavy atom. The minimum absolute atomic E-state index is 0.316. The third-order valence-corrected chi connectivity index (χ3v) is 6.92. The molecule has 3 saturated heterocycles. The summed E-state index contributed by atoms with van der Waals surface area (Å²) in [5.74, 6) is -1.22. The molecule has 148 valence electrons. The van der Waals surface area contributed by atoms with E-state index in [2.05, 4.69) is 0 Å². The Kier molecular flexibility index (Phi) is 4.36. The minimum Gasteiger partial charge on any atom is -0.393 e. The van der Waals surface area contributed by atoms with Crippen LogP contribution in [0.4, 0.5) is 0 Å². The molecule has 2 spiro atoms. The summed E-state index contributed by atoms with van der Waals surface area (Å²) >= 11 is 0. The number of rotatable bonds is 2. The molecule has 3 heterocycles. The van der Waals surface area contributed by atoms with Gasteiger partial charge in [-0.2, -0.15) is 0 Å². The van der Waals surface area contributed by atoms with E-state index in [0.717, 1.165) is 57.8 Å². The molecule has 5 atom stereocenters. The van der Waals surface area contributed by atoms with Gasteiger partial charge in [0.1, 0.15) is 18.3 Å². The molecule has 0 aromatic rings. The van der Waals surface area contributed by atoms with Crippen LogP contribution in [-0.2, 0) is 23.7 Å². The lowest BCUT2D eigenvalue weighted by Gasteiger charge is -2.35. The van der Waals surface area contributed by atoms with Crippen molar-refractivity contribution in [3.05, 3.63) is 0 Å². The lowest BCUT2D eigenvalue weighted by molar-refractivity contribution is -0.281. The average molecular weight is 370 g/mol. The van der Waals surface area contributed by atoms with Crippen molar-refractivity contribution in [1.82, 2.24) is 0 Å². The van der Waals surface area contributed by atoms with E-state index in [0.29, 0.717) is 6.61 Å². The fourth-order valence-electron chi connectivity index (χ4n) is 5.52. The van der Waals surface area contributed by atoms with Crippen molar-refractivity contribution < 1.29 is 33.9 Å². The van der Waals surface area contributed by atoms with E-state index >= 15 is 0 Å². The van der Waals surface area contributed by atoms with Gasteiger partial charge in [-0.15, -0.1) is 0 Å². The van der Waals surface area contributed by atoms with E-state index < -0.39 is 35.7 Å². The van der Waals surface area contributed by atoms with Crippen molar-refractivity contribution >= 4 is 0 Å². The van der Waals surface area contributed by atoms with Crippen molar-refractivity contribution in [1.29, 1.82) is 0 Å². The number of aliphatic hydroxyl groups excluding tert-OH is 2. The average Bonchev–Trinajstić information content (AvgIpc) is 3.28. The fourth-order valence-corrected chi connectivity index (χ4v) is 5.52. The van der Waals surface area contributed by atoms with Crippen molar-refractivity contribution in [2.24, 2.45) is 0 Å². The van der Waals surface area contributed by atoms with Crippen LogP contribution < -0.4 is 0 Å². The standard InChI is InChI=1S/C19H30O7/c20-12-19-15(25-18(26-19)9-5-2-6-10-18)14(23-16(19)21)13-11-22-17(24-13)7-3-1-4-8-17/h13-16,20-21H,1-12H2/t13-,14?,15?,16?,19-/m1/s1. The number of hydrogen-bond acceptors (Lipinski definition) is 7. The first-order chi connectivity index (χ1) is 12.6. The van der Waals surface area contributed by atoms with Gasteiger partial charge in [0.15, 0.2) is 23.5 Å². The molecule has 5 fully saturated rings. The van der Waals surface area contributed by atoms with Gasteiger partial charge in [-0.1, -0.05) is 12.8 Å². The maximum Gasteiger partial charge on any atom is 0.189 e. The van der Waals surface area contributed by atoms with E-state index in [1.807, 2.05) is 0 Å². The summed E-state index contributed by atoms with van der Waals surface area (Å²) in [6, 6.07) is 0. The molecule has 3 aliphatic heterocycles. The Morgan fingerprint density at radius 1 is 0.846 bits per heavy atom. The predicted octanol–water partition coefficient (Wildman–Crippen LogP) is 1.59. The molecule has 0 bridgehead atoms. The molecular weight excluding hydrogens is 340 g/mol. The largest absolute Gasteiger partial charge is 0.393 e. The number of ether oxygens (including phenoxy) is 5. The summed E-state index contributed by atoms with van der Waals surface area (Å²) in [7, 11) is 0. The molecule has 7 nitrogen and oxygen atoms in total. The van der Waals surface area contributed by atoms with Gasteiger partial charge in [-0.3, -0.25) is 0 Å². The minimum atomic E-state index is -1.23. The molecule has 2 aliphatic carbocycles. The number of aliphatic hydroxyl groups is 2. The van der Waals surface area contributed by atoms with Gasteiger partial charge in [0.05, 0.1) is 13.2 Å². The lowest BCUT2D eigenvalue weighted by atomic mass is 9.93. The topological polar surface area (TPSA) is 86.6 Å². The SMILES string of the molecule is OC[C@@]12OC3(CCCCC3)OC1C([C@H]1COC3(CCCCC3)O1)OC2O. The number of fused-ring (bicyclic) bond motifs is 1. The molecule has 7 heteroatoms. The van der Waals surface area contributed by atoms with E-state index in [1.165, 1.54) is 6.42 Å². The zero-order chi connectivity index (χ0) is 17.8. The molecule has 0 radical (unpaired) electrons. The monoisotopic (exact) mass is 370 g/mol. The molecule has 3 unspecified atom stereocenters. The quantitative estimate of drug-likeness (QED) is 0.763. The zero-order valence-electron chi connectivity index (χ0n) is 15.2. The van der Waals surface area contributed by atoms with E-state index in [4.69, 9.17) is 23.7 Å². The second kappa shape index (κ2) is 6.37. The first-order valence-corrected chi connectivity index (χ1v) is 10.2. The van der Waals surface area contributed by atoms with Crippen LogP contribution in [0.2, 0.25) is 0 Å². The van der Waals surface area contributed by atoms with Crippen LogP contribution in [0.15, 0.2) is 0 Å². The van der Waals surface area contributed by atoms with Gasteiger partial charge in [0.2, 0.25) is 0 Å². The van der Waals surface area contributed by atoms with Crippen molar-refractivity contribution in [2.45, 2.75) is 106 Å². The Morgan fingerprint density at radius 3 is 2.15 bits per heavy atom. The van der Waals surface area contributed by atoms with E-state index in [1.54, 1.807) is 0 Å². The lowest BCUT2D eigenvalue weighted by Crippen LogP contribution is -2.51. The van der Waals surface area contributed by atoms with Crippen molar-refractivity contribution in [3.63, 3.8) is 0 Å². The van der Waals surface area contributed by atoms with Gasteiger partial charge in [0, 0.05) is 25.7 Å². The molecular formula is C19H30O7. The Balaban J connectivity index is 1.37. The molecule has 0 aromatic carbocycles. The summed E-state index contributed by atoms with van der Waals surface area (Å²) in [6.45, 7) is 0.0849. The summed E-state index contributed by atoms with van der Waals surface area (Å²) in [6.07, 6.45) is 7.43. The molecule has 5 aliphatic rings. The highest BCUT2D eigenvalue weighted by molar-refractivity contribution is 5.11. The first kappa shape index (κ1) is 17.8. The molecule has 2 N–H and O–H groups in total. The van der Waals surface area contributed by atoms with Crippen LogP contribution in [0.5, 0.6) is 0 Å². The summed E-state index contributed by atoms with van der Waals surface area (Å²) in [5.41, 5.74) is -1.23. The first-order valence-electron chi connectivity index (χ1n) is 10.2. The zero-order valence-corrected chi connectivity index (χ0v) is 15.2. The van der Waals surface area contributed by atoms with Gasteiger partial charge in [-0.25, -0.2) is 0 Å². The van der Waals surface area contributed by atoms with Gasteiger partial charge >= 0.3 is 0 Å². The Bertz CT molecular complexity index is 528. The smallest absolute Gasteiger partial charge is 0.189 e. The third kappa shape index (κ3) is 2.59. The second-order valence-corrected chi connectivity index (χ2v) is 8.62. The fraction of sp³-hybridized carbons (Fsp3) is 1.00. The van der Waals surface area contributed by atoms with Crippen LogP contribution in [-0.4, -0.2) is 65.2 Å². The summed E-state index contributed by atoms with van der Waals surface area (Å²) in [4.78, 5) is 0. The molecule has 5 rings (SSSR count).